The molecule has 4 aromatic heterocycles. The van der Waals surface area contributed by atoms with Crippen molar-refractivity contribution in [2.45, 2.75) is 25.9 Å². The van der Waals surface area contributed by atoms with Crippen molar-refractivity contribution in [3.63, 3.8) is 0 Å². The van der Waals surface area contributed by atoms with E-state index in [2.05, 4.69) is 30.7 Å². The van der Waals surface area contributed by atoms with E-state index in [0.29, 0.717) is 49.0 Å². The Balaban J connectivity index is 1.45. The Morgan fingerprint density at radius 2 is 2.09 bits per heavy atom. The summed E-state index contributed by atoms with van der Waals surface area (Å²) in [5.74, 6) is 2.05. The van der Waals surface area contributed by atoms with Gasteiger partial charge >= 0.3 is 0 Å². The van der Waals surface area contributed by atoms with Crippen LogP contribution in [0.25, 0.3) is 11.2 Å². The van der Waals surface area contributed by atoms with Crippen LogP contribution >= 0.6 is 0 Å². The van der Waals surface area contributed by atoms with Crippen LogP contribution in [-0.4, -0.2) is 58.2 Å². The van der Waals surface area contributed by atoms with Gasteiger partial charge in [0.15, 0.2) is 17.0 Å². The van der Waals surface area contributed by atoms with Gasteiger partial charge in [-0.2, -0.15) is 15.1 Å². The van der Waals surface area contributed by atoms with Gasteiger partial charge in [-0.05, 0) is 18.1 Å². The lowest BCUT2D eigenvalue weighted by Crippen LogP contribution is -2.28. The molecule has 11 nitrogen and oxygen atoms in total. The quantitative estimate of drug-likeness (QED) is 0.434. The molecule has 11 heteroatoms. The van der Waals surface area contributed by atoms with Crippen LogP contribution in [0.4, 0.5) is 17.6 Å². The first-order valence-electron chi connectivity index (χ1n) is 10.6. The Labute approximate surface area is 184 Å². The van der Waals surface area contributed by atoms with Crippen LogP contribution in [0.1, 0.15) is 18.4 Å². The maximum absolute atomic E-state index is 12.0. The Hall–Kier alpha value is -4.02. The van der Waals surface area contributed by atoms with Gasteiger partial charge in [-0.15, -0.1) is 0 Å². The molecule has 32 heavy (non-hydrogen) atoms. The summed E-state index contributed by atoms with van der Waals surface area (Å²) in [4.78, 5) is 32.0. The number of hydrogen-bond donors (Lipinski definition) is 2. The van der Waals surface area contributed by atoms with E-state index in [1.165, 1.54) is 0 Å². The molecule has 0 spiro atoms. The number of amides is 1. The smallest absolute Gasteiger partial charge is 0.232 e. The molecule has 1 saturated heterocycles. The number of imidazole rings is 1. The topological polar surface area (TPSA) is 119 Å². The summed E-state index contributed by atoms with van der Waals surface area (Å²) < 4.78 is 3.68. The number of nitrogens with zero attached hydrogens (tertiary/aromatic N) is 8. The Morgan fingerprint density at radius 3 is 2.84 bits per heavy atom. The van der Waals surface area contributed by atoms with E-state index in [0.717, 1.165) is 24.3 Å². The number of hydrogen-bond acceptors (Lipinski definition) is 8. The molecule has 1 aliphatic rings. The number of nitrogens with one attached hydrogen (secondary N) is 2. The lowest BCUT2D eigenvalue weighted by Gasteiger charge is -2.16. The summed E-state index contributed by atoms with van der Waals surface area (Å²) in [5.41, 5.74) is 2.41. The molecule has 4 aromatic rings. The number of carbonyl (C=O) groups excluding carboxylic acids is 1. The predicted octanol–water partition coefficient (Wildman–Crippen LogP) is 1.93. The Bertz CT molecular complexity index is 1230. The van der Waals surface area contributed by atoms with Gasteiger partial charge in [0, 0.05) is 58.1 Å². The van der Waals surface area contributed by atoms with E-state index in [1.54, 1.807) is 23.4 Å². The molecule has 1 fully saturated rings. The molecule has 1 amide bonds. The van der Waals surface area contributed by atoms with Crippen molar-refractivity contribution in [1.29, 1.82) is 0 Å². The van der Waals surface area contributed by atoms with Crippen molar-refractivity contribution in [2.24, 2.45) is 7.05 Å². The molecule has 0 aromatic carbocycles. The first-order chi connectivity index (χ1) is 15.7. The van der Waals surface area contributed by atoms with Gasteiger partial charge in [0.05, 0.1) is 12.5 Å². The fraction of sp³-hybridized carbons (Fsp3) is 0.333. The maximum Gasteiger partial charge on any atom is 0.232 e. The first kappa shape index (κ1) is 19.9. The monoisotopic (exact) mass is 432 g/mol. The first-order valence-corrected chi connectivity index (χ1v) is 10.6. The Morgan fingerprint density at radius 1 is 1.16 bits per heavy atom. The second-order valence-electron chi connectivity index (χ2n) is 7.67. The average molecular weight is 432 g/mol. The zero-order valence-corrected chi connectivity index (χ0v) is 17.8. The highest BCUT2D eigenvalue weighted by atomic mass is 16.2. The average Bonchev–Trinajstić information content (AvgIpc) is 3.52. The number of fused-ring (bicyclic) bond motifs is 1. The van der Waals surface area contributed by atoms with Crippen LogP contribution in [0.3, 0.4) is 0 Å². The number of aryl methyl sites for hydroxylation is 1. The lowest BCUT2D eigenvalue weighted by atomic mass is 10.3. The molecule has 2 N–H and O–H groups in total. The van der Waals surface area contributed by atoms with Gasteiger partial charge in [0.2, 0.25) is 11.9 Å². The van der Waals surface area contributed by atoms with Crippen LogP contribution < -0.4 is 10.6 Å². The molecule has 164 valence electrons. The van der Waals surface area contributed by atoms with E-state index >= 15 is 0 Å². The van der Waals surface area contributed by atoms with Gasteiger partial charge in [-0.3, -0.25) is 14.5 Å². The second kappa shape index (κ2) is 8.61. The zero-order valence-electron chi connectivity index (χ0n) is 17.8. The summed E-state index contributed by atoms with van der Waals surface area (Å²) >= 11 is 0. The highest BCUT2D eigenvalue weighted by Gasteiger charge is 2.20. The number of likely N-dealkylation sites (tertiary alicyclic amines) is 1. The van der Waals surface area contributed by atoms with Gasteiger partial charge in [0.1, 0.15) is 5.82 Å². The minimum absolute atomic E-state index is 0.210. The highest BCUT2D eigenvalue weighted by molar-refractivity contribution is 5.84. The van der Waals surface area contributed by atoms with Gasteiger partial charge < -0.3 is 20.1 Å². The highest BCUT2D eigenvalue weighted by Crippen LogP contribution is 2.23. The SMILES string of the molecule is Cn1nccc1Nc1nc(NCc2cccnc2)c2ncn(CCN3CCCC3=O)c2n1. The molecule has 0 aliphatic carbocycles. The molecule has 0 radical (unpaired) electrons. The summed E-state index contributed by atoms with van der Waals surface area (Å²) in [5, 5.41) is 10.8. The van der Waals surface area contributed by atoms with E-state index < -0.39 is 0 Å². The summed E-state index contributed by atoms with van der Waals surface area (Å²) in [7, 11) is 1.85. The molecule has 5 rings (SSSR count). The fourth-order valence-electron chi connectivity index (χ4n) is 3.76. The normalized spacial score (nSPS) is 13.8. The van der Waals surface area contributed by atoms with E-state index in [4.69, 9.17) is 4.98 Å². The third-order valence-corrected chi connectivity index (χ3v) is 5.49. The number of aromatic nitrogens is 7. The summed E-state index contributed by atoms with van der Waals surface area (Å²) in [6.45, 7) is 2.62. The largest absolute Gasteiger partial charge is 0.364 e. The van der Waals surface area contributed by atoms with Gasteiger partial charge in [-0.25, -0.2) is 4.98 Å². The minimum atomic E-state index is 0.210. The van der Waals surface area contributed by atoms with Crippen LogP contribution in [0.15, 0.2) is 43.1 Å². The summed E-state index contributed by atoms with van der Waals surface area (Å²) in [6.07, 6.45) is 8.57. The summed E-state index contributed by atoms with van der Waals surface area (Å²) in [6, 6.07) is 5.75. The fourth-order valence-corrected chi connectivity index (χ4v) is 3.76. The third kappa shape index (κ3) is 4.09. The van der Waals surface area contributed by atoms with Crippen molar-refractivity contribution in [3.05, 3.63) is 48.7 Å². The third-order valence-electron chi connectivity index (χ3n) is 5.49. The van der Waals surface area contributed by atoms with Crippen molar-refractivity contribution in [3.8, 4) is 0 Å². The number of anilines is 3. The standard InChI is InChI=1S/C21H24N10O/c1-29-16(6-8-25-29)26-21-27-19(23-13-15-4-2-7-22-12-15)18-20(28-21)31(14-24-18)11-10-30-9-3-5-17(30)32/h2,4,6-8,12,14H,3,5,9-11,13H2,1H3,(H2,23,26,27,28). The molecular formula is C21H24N10O. The van der Waals surface area contributed by atoms with Crippen molar-refractivity contribution >= 4 is 34.7 Å². The second-order valence-corrected chi connectivity index (χ2v) is 7.67. The van der Waals surface area contributed by atoms with Crippen LogP contribution in [-0.2, 0) is 24.9 Å². The molecule has 0 saturated carbocycles. The van der Waals surface area contributed by atoms with Gasteiger partial charge in [0.25, 0.3) is 0 Å². The zero-order chi connectivity index (χ0) is 21.9. The van der Waals surface area contributed by atoms with Crippen molar-refractivity contribution in [1.82, 2.24) is 39.2 Å². The Kier molecular flexibility index (Phi) is 5.36. The minimum Gasteiger partial charge on any atom is -0.364 e. The van der Waals surface area contributed by atoms with Crippen LogP contribution in [0.2, 0.25) is 0 Å². The maximum atomic E-state index is 12.0. The lowest BCUT2D eigenvalue weighted by molar-refractivity contribution is -0.127. The van der Waals surface area contributed by atoms with Crippen LogP contribution in [0.5, 0.6) is 0 Å². The van der Waals surface area contributed by atoms with Gasteiger partial charge in [-0.1, -0.05) is 6.07 Å². The van der Waals surface area contributed by atoms with Crippen molar-refractivity contribution in [2.75, 3.05) is 23.7 Å². The van der Waals surface area contributed by atoms with Crippen LogP contribution in [0, 0.1) is 0 Å². The van der Waals surface area contributed by atoms with Crippen molar-refractivity contribution < 1.29 is 4.79 Å². The number of carbonyl (C=O) groups is 1. The molecule has 0 atom stereocenters. The predicted molar refractivity (Wildman–Crippen MR) is 119 cm³/mol. The van der Waals surface area contributed by atoms with E-state index in [9.17, 15) is 4.79 Å². The van der Waals surface area contributed by atoms with E-state index in [-0.39, 0.29) is 5.91 Å². The molecule has 0 unspecified atom stereocenters. The number of pyridine rings is 1. The molecule has 5 heterocycles. The molecular weight excluding hydrogens is 408 g/mol. The molecule has 0 bridgehead atoms. The number of rotatable bonds is 8. The van der Waals surface area contributed by atoms with E-state index in [1.807, 2.05) is 40.9 Å². The molecule has 1 aliphatic heterocycles.